The molecule has 0 aliphatic rings. The van der Waals surface area contributed by atoms with Gasteiger partial charge in [0, 0.05) is 20.5 Å². The lowest BCUT2D eigenvalue weighted by Crippen LogP contribution is -2.41. The molecule has 3 rings (SSSR count). The van der Waals surface area contributed by atoms with E-state index in [2.05, 4.69) is 37.2 Å². The molecular formula is C23H21Br2ClN2O3S. The zero-order valence-electron chi connectivity index (χ0n) is 17.1. The molecule has 1 atom stereocenters. The predicted molar refractivity (Wildman–Crippen MR) is 134 cm³/mol. The quantitative estimate of drug-likeness (QED) is 0.349. The van der Waals surface area contributed by atoms with Crippen LogP contribution >= 0.6 is 43.5 Å². The number of hydrogen-bond acceptors (Lipinski definition) is 3. The SMILES string of the molecule is C[C@H](NC(=O)CN(Cc1ccc(Br)cc1)S(=O)(=O)c1ccc(Cl)cc1)c1cccc(Br)c1. The lowest BCUT2D eigenvalue weighted by Gasteiger charge is -2.23. The average molecular weight is 601 g/mol. The fourth-order valence-corrected chi connectivity index (χ4v) is 5.27. The van der Waals surface area contributed by atoms with Gasteiger partial charge in [-0.1, -0.05) is 67.7 Å². The van der Waals surface area contributed by atoms with Crippen molar-refractivity contribution in [2.24, 2.45) is 0 Å². The highest BCUT2D eigenvalue weighted by molar-refractivity contribution is 9.10. The van der Waals surface area contributed by atoms with Gasteiger partial charge in [-0.2, -0.15) is 4.31 Å². The summed E-state index contributed by atoms with van der Waals surface area (Å²) >= 11 is 12.7. The number of nitrogens with one attached hydrogen (secondary N) is 1. The van der Waals surface area contributed by atoms with Crippen molar-refractivity contribution >= 4 is 59.4 Å². The molecule has 9 heteroatoms. The molecule has 0 heterocycles. The summed E-state index contributed by atoms with van der Waals surface area (Å²) in [7, 11) is -3.93. The Morgan fingerprint density at radius 3 is 2.28 bits per heavy atom. The minimum atomic E-state index is -3.93. The summed E-state index contributed by atoms with van der Waals surface area (Å²) in [6.07, 6.45) is 0. The van der Waals surface area contributed by atoms with Gasteiger partial charge in [0.1, 0.15) is 0 Å². The molecule has 0 aromatic heterocycles. The third-order valence-electron chi connectivity index (χ3n) is 4.77. The topological polar surface area (TPSA) is 66.5 Å². The molecular weight excluding hydrogens is 580 g/mol. The number of halogens is 3. The van der Waals surface area contributed by atoms with Gasteiger partial charge in [-0.15, -0.1) is 0 Å². The van der Waals surface area contributed by atoms with Crippen molar-refractivity contribution in [1.29, 1.82) is 0 Å². The van der Waals surface area contributed by atoms with E-state index in [1.807, 2.05) is 55.5 Å². The molecule has 32 heavy (non-hydrogen) atoms. The number of hydrogen-bond donors (Lipinski definition) is 1. The molecule has 0 unspecified atom stereocenters. The molecule has 0 fully saturated rings. The largest absolute Gasteiger partial charge is 0.348 e. The van der Waals surface area contributed by atoms with Crippen LogP contribution < -0.4 is 5.32 Å². The Morgan fingerprint density at radius 2 is 1.66 bits per heavy atom. The third-order valence-corrected chi connectivity index (χ3v) is 7.85. The predicted octanol–water partition coefficient (Wildman–Crippen LogP) is 5.93. The van der Waals surface area contributed by atoms with Crippen LogP contribution in [0.15, 0.2) is 86.6 Å². The number of rotatable bonds is 8. The van der Waals surface area contributed by atoms with Crippen LogP contribution in [0.1, 0.15) is 24.1 Å². The number of benzene rings is 3. The molecule has 3 aromatic carbocycles. The minimum Gasteiger partial charge on any atom is -0.348 e. The molecule has 0 aliphatic heterocycles. The number of amides is 1. The molecule has 0 radical (unpaired) electrons. The number of sulfonamides is 1. The van der Waals surface area contributed by atoms with Crippen molar-refractivity contribution in [3.05, 3.63) is 97.9 Å². The van der Waals surface area contributed by atoms with Crippen molar-refractivity contribution in [2.75, 3.05) is 6.54 Å². The zero-order chi connectivity index (χ0) is 23.3. The Balaban J connectivity index is 1.83. The smallest absolute Gasteiger partial charge is 0.243 e. The number of nitrogens with zero attached hydrogens (tertiary/aromatic N) is 1. The van der Waals surface area contributed by atoms with E-state index in [9.17, 15) is 13.2 Å². The lowest BCUT2D eigenvalue weighted by atomic mass is 10.1. The first-order valence-corrected chi connectivity index (χ1v) is 13.1. The van der Waals surface area contributed by atoms with Crippen molar-refractivity contribution in [2.45, 2.75) is 24.4 Å². The van der Waals surface area contributed by atoms with E-state index in [4.69, 9.17) is 11.6 Å². The fraction of sp³-hybridized carbons (Fsp3) is 0.174. The molecule has 0 bridgehead atoms. The van der Waals surface area contributed by atoms with Gasteiger partial charge in [0.2, 0.25) is 15.9 Å². The van der Waals surface area contributed by atoms with Gasteiger partial charge in [-0.25, -0.2) is 8.42 Å². The van der Waals surface area contributed by atoms with Crippen LogP contribution in [0.3, 0.4) is 0 Å². The van der Waals surface area contributed by atoms with Gasteiger partial charge >= 0.3 is 0 Å². The Hall–Kier alpha value is -1.71. The van der Waals surface area contributed by atoms with E-state index in [0.717, 1.165) is 20.1 Å². The molecule has 1 N–H and O–H groups in total. The molecule has 0 aliphatic carbocycles. The van der Waals surface area contributed by atoms with Crippen molar-refractivity contribution in [3.63, 3.8) is 0 Å². The van der Waals surface area contributed by atoms with Gasteiger partial charge < -0.3 is 5.32 Å². The average Bonchev–Trinajstić information content (AvgIpc) is 2.75. The second-order valence-corrected chi connectivity index (χ2v) is 11.4. The lowest BCUT2D eigenvalue weighted by molar-refractivity contribution is -0.122. The van der Waals surface area contributed by atoms with E-state index in [-0.39, 0.29) is 24.0 Å². The number of carbonyl (C=O) groups excluding carboxylic acids is 1. The van der Waals surface area contributed by atoms with Gasteiger partial charge in [-0.3, -0.25) is 4.79 Å². The zero-order valence-corrected chi connectivity index (χ0v) is 21.9. The first kappa shape index (κ1) is 24.9. The van der Waals surface area contributed by atoms with Crippen LogP contribution in [0.2, 0.25) is 5.02 Å². The van der Waals surface area contributed by atoms with E-state index < -0.39 is 15.9 Å². The van der Waals surface area contributed by atoms with Gasteiger partial charge in [0.15, 0.2) is 0 Å². The van der Waals surface area contributed by atoms with E-state index in [1.165, 1.54) is 28.6 Å². The van der Waals surface area contributed by atoms with Crippen molar-refractivity contribution < 1.29 is 13.2 Å². The molecule has 5 nitrogen and oxygen atoms in total. The third kappa shape index (κ3) is 6.65. The highest BCUT2D eigenvalue weighted by Gasteiger charge is 2.27. The van der Waals surface area contributed by atoms with Gasteiger partial charge in [-0.05, 0) is 66.6 Å². The molecule has 0 saturated carbocycles. The Labute approximate surface area is 210 Å². The summed E-state index contributed by atoms with van der Waals surface area (Å²) in [5.41, 5.74) is 1.67. The molecule has 1 amide bonds. The normalized spacial score (nSPS) is 12.5. The van der Waals surface area contributed by atoms with E-state index >= 15 is 0 Å². The molecule has 3 aromatic rings. The van der Waals surface area contributed by atoms with Crippen LogP contribution in [0, 0.1) is 0 Å². The van der Waals surface area contributed by atoms with Gasteiger partial charge in [0.25, 0.3) is 0 Å². The maximum atomic E-state index is 13.3. The molecule has 0 spiro atoms. The minimum absolute atomic E-state index is 0.0525. The molecule has 0 saturated heterocycles. The summed E-state index contributed by atoms with van der Waals surface area (Å²) in [6, 6.07) is 20.5. The summed E-state index contributed by atoms with van der Waals surface area (Å²) in [6.45, 7) is 1.59. The Bertz CT molecular complexity index is 1190. The van der Waals surface area contributed by atoms with Gasteiger partial charge in [0.05, 0.1) is 17.5 Å². The summed E-state index contributed by atoms with van der Waals surface area (Å²) < 4.78 is 29.6. The van der Waals surface area contributed by atoms with Crippen LogP contribution in [0.4, 0.5) is 0 Å². The van der Waals surface area contributed by atoms with Crippen molar-refractivity contribution in [1.82, 2.24) is 9.62 Å². The molecule has 168 valence electrons. The summed E-state index contributed by atoms with van der Waals surface area (Å²) in [4.78, 5) is 12.9. The highest BCUT2D eigenvalue weighted by atomic mass is 79.9. The van der Waals surface area contributed by atoms with E-state index in [1.54, 1.807) is 0 Å². The summed E-state index contributed by atoms with van der Waals surface area (Å²) in [5.74, 6) is -0.396. The fourth-order valence-electron chi connectivity index (χ4n) is 3.08. The number of carbonyl (C=O) groups is 1. The first-order valence-electron chi connectivity index (χ1n) is 9.70. The van der Waals surface area contributed by atoms with E-state index in [0.29, 0.717) is 5.02 Å². The van der Waals surface area contributed by atoms with Crippen LogP contribution in [0.5, 0.6) is 0 Å². The maximum Gasteiger partial charge on any atom is 0.243 e. The van der Waals surface area contributed by atoms with Crippen molar-refractivity contribution in [3.8, 4) is 0 Å². The Morgan fingerprint density at radius 1 is 1.00 bits per heavy atom. The second-order valence-electron chi connectivity index (χ2n) is 7.20. The second kappa shape index (κ2) is 10.9. The van der Waals surface area contributed by atoms with Crippen LogP contribution in [-0.4, -0.2) is 25.2 Å². The standard InChI is InChI=1S/C23H21Br2ClN2O3S/c1-16(18-3-2-4-20(25)13-18)27-23(29)15-28(14-17-5-7-19(24)8-6-17)32(30,31)22-11-9-21(26)10-12-22/h2-13,16H,14-15H2,1H3,(H,27,29)/t16-/m0/s1. The maximum absolute atomic E-state index is 13.3. The monoisotopic (exact) mass is 598 g/mol. The Kier molecular flexibility index (Phi) is 8.52. The highest BCUT2D eigenvalue weighted by Crippen LogP contribution is 2.22. The summed E-state index contributed by atoms with van der Waals surface area (Å²) in [5, 5.41) is 3.32. The van der Waals surface area contributed by atoms with Crippen LogP contribution in [0.25, 0.3) is 0 Å². The first-order chi connectivity index (χ1) is 15.1. The van der Waals surface area contributed by atoms with Crippen LogP contribution in [-0.2, 0) is 21.4 Å².